The summed E-state index contributed by atoms with van der Waals surface area (Å²) >= 11 is 0. The predicted octanol–water partition coefficient (Wildman–Crippen LogP) is 6.16. The number of aromatic hydroxyl groups is 1. The number of aliphatic hydroxyl groups is 1. The molecule has 4 heteroatoms. The Balaban J connectivity index is 1.34. The standard InChI is InChI=1S/C29H40O4/c1-19(30)27(3)13-12-25-23-10-7-21-17-29(32,33-18-20-5-8-22(31)9-6-20)16-15-26(21,2)24(23)11-14-28(25,27)4/h5-9,23-25,31-32H,10-18H2,1-4H3/t23-,24+,25+,26+,27-,28+,29-/m1/s1. The first kappa shape index (κ1) is 23.1. The number of rotatable bonds is 4. The molecule has 0 saturated heterocycles. The number of carbonyl (C=O) groups is 1. The summed E-state index contributed by atoms with van der Waals surface area (Å²) in [5.41, 5.74) is 2.38. The smallest absolute Gasteiger partial charge is 0.169 e. The van der Waals surface area contributed by atoms with E-state index < -0.39 is 5.79 Å². The Kier molecular flexibility index (Phi) is 5.38. The van der Waals surface area contributed by atoms with Crippen molar-refractivity contribution in [1.29, 1.82) is 0 Å². The van der Waals surface area contributed by atoms with Crippen molar-refractivity contribution < 1.29 is 19.7 Å². The third-order valence-electron chi connectivity index (χ3n) is 11.0. The number of fused-ring (bicyclic) bond motifs is 5. The minimum Gasteiger partial charge on any atom is -0.508 e. The van der Waals surface area contributed by atoms with Gasteiger partial charge in [-0.15, -0.1) is 0 Å². The quantitative estimate of drug-likeness (QED) is 0.424. The molecule has 0 aliphatic heterocycles. The van der Waals surface area contributed by atoms with Crippen molar-refractivity contribution in [3.63, 3.8) is 0 Å². The van der Waals surface area contributed by atoms with Crippen LogP contribution in [0, 0.1) is 34.0 Å². The number of ether oxygens (including phenoxy) is 1. The van der Waals surface area contributed by atoms with E-state index in [4.69, 9.17) is 4.74 Å². The van der Waals surface area contributed by atoms with Gasteiger partial charge in [-0.2, -0.15) is 0 Å². The Labute approximate surface area is 198 Å². The SMILES string of the molecule is CC(=O)[C@@]1(C)CC[C@H]2[C@@H]3CC=C4C[C@](O)(OCc5ccc(O)cc5)CC[C@]4(C)[C@H]3CC[C@@]21C. The molecule has 0 amide bonds. The van der Waals surface area contributed by atoms with Gasteiger partial charge in [-0.1, -0.05) is 44.6 Å². The molecule has 1 aromatic rings. The Morgan fingerprint density at radius 1 is 1.03 bits per heavy atom. The highest BCUT2D eigenvalue weighted by atomic mass is 16.6. The van der Waals surface area contributed by atoms with E-state index in [1.807, 2.05) is 12.1 Å². The lowest BCUT2D eigenvalue weighted by molar-refractivity contribution is -0.231. The molecule has 33 heavy (non-hydrogen) atoms. The molecule has 3 saturated carbocycles. The normalized spacial score (nSPS) is 44.4. The summed E-state index contributed by atoms with van der Waals surface area (Å²) in [5.74, 6) is 1.38. The lowest BCUT2D eigenvalue weighted by Gasteiger charge is -2.60. The number of phenolic OH excluding ortho intramolecular Hbond substituents is 1. The van der Waals surface area contributed by atoms with E-state index in [0.717, 1.165) is 31.2 Å². The van der Waals surface area contributed by atoms with E-state index in [2.05, 4.69) is 26.8 Å². The van der Waals surface area contributed by atoms with Crippen LogP contribution in [-0.4, -0.2) is 21.8 Å². The van der Waals surface area contributed by atoms with Gasteiger partial charge in [-0.25, -0.2) is 0 Å². The zero-order valence-electron chi connectivity index (χ0n) is 20.7. The number of hydrogen-bond donors (Lipinski definition) is 2. The number of phenols is 1. The Morgan fingerprint density at radius 3 is 2.42 bits per heavy atom. The number of ketones is 1. The van der Waals surface area contributed by atoms with Crippen molar-refractivity contribution in [2.75, 3.05) is 0 Å². The minimum absolute atomic E-state index is 0.115. The van der Waals surface area contributed by atoms with E-state index in [1.165, 1.54) is 18.4 Å². The summed E-state index contributed by atoms with van der Waals surface area (Å²) in [4.78, 5) is 12.7. The number of Topliss-reactive ketones (excluding diaryl/α,β-unsaturated/α-hetero) is 1. The van der Waals surface area contributed by atoms with Crippen molar-refractivity contribution in [2.45, 2.75) is 91.5 Å². The van der Waals surface area contributed by atoms with Crippen LogP contribution < -0.4 is 0 Å². The van der Waals surface area contributed by atoms with E-state index in [9.17, 15) is 15.0 Å². The molecule has 0 bridgehead atoms. The molecule has 2 N–H and O–H groups in total. The van der Waals surface area contributed by atoms with Crippen molar-refractivity contribution in [3.05, 3.63) is 41.5 Å². The van der Waals surface area contributed by atoms with Crippen LogP contribution in [0.5, 0.6) is 5.75 Å². The maximum Gasteiger partial charge on any atom is 0.169 e. The first-order valence-electron chi connectivity index (χ1n) is 12.9. The second-order valence-electron chi connectivity index (χ2n) is 12.2. The number of hydrogen-bond acceptors (Lipinski definition) is 4. The average Bonchev–Trinajstić information content (AvgIpc) is 3.06. The molecular weight excluding hydrogens is 412 g/mol. The van der Waals surface area contributed by atoms with Crippen LogP contribution in [-0.2, 0) is 16.1 Å². The number of benzene rings is 1. The van der Waals surface area contributed by atoms with E-state index in [1.54, 1.807) is 19.1 Å². The monoisotopic (exact) mass is 452 g/mol. The molecule has 4 aliphatic carbocycles. The fourth-order valence-electron chi connectivity index (χ4n) is 8.40. The first-order valence-corrected chi connectivity index (χ1v) is 12.9. The predicted molar refractivity (Wildman–Crippen MR) is 128 cm³/mol. The Bertz CT molecular complexity index is 966. The van der Waals surface area contributed by atoms with Crippen LogP contribution in [0.15, 0.2) is 35.9 Å². The van der Waals surface area contributed by atoms with Crippen LogP contribution >= 0.6 is 0 Å². The van der Waals surface area contributed by atoms with Gasteiger partial charge in [0.05, 0.1) is 6.61 Å². The summed E-state index contributed by atoms with van der Waals surface area (Å²) in [5, 5.41) is 20.8. The van der Waals surface area contributed by atoms with Gasteiger partial charge >= 0.3 is 0 Å². The summed E-state index contributed by atoms with van der Waals surface area (Å²) < 4.78 is 6.06. The van der Waals surface area contributed by atoms with E-state index >= 15 is 0 Å². The molecule has 0 radical (unpaired) electrons. The third kappa shape index (κ3) is 3.43. The fourth-order valence-corrected chi connectivity index (χ4v) is 8.40. The molecule has 5 rings (SSSR count). The molecule has 0 heterocycles. The Morgan fingerprint density at radius 2 is 1.73 bits per heavy atom. The van der Waals surface area contributed by atoms with Gasteiger partial charge < -0.3 is 14.9 Å². The second kappa shape index (κ2) is 7.68. The fraction of sp³-hybridized carbons (Fsp3) is 0.690. The highest BCUT2D eigenvalue weighted by Crippen LogP contribution is 2.70. The number of carbonyl (C=O) groups excluding carboxylic acids is 1. The highest BCUT2D eigenvalue weighted by molar-refractivity contribution is 5.83. The largest absolute Gasteiger partial charge is 0.508 e. The van der Waals surface area contributed by atoms with Crippen molar-refractivity contribution in [1.82, 2.24) is 0 Å². The highest BCUT2D eigenvalue weighted by Gasteiger charge is 2.64. The van der Waals surface area contributed by atoms with Gasteiger partial charge in [0.1, 0.15) is 11.5 Å². The lowest BCUT2D eigenvalue weighted by Crippen LogP contribution is -2.54. The zero-order chi connectivity index (χ0) is 23.6. The van der Waals surface area contributed by atoms with Crippen LogP contribution in [0.25, 0.3) is 0 Å². The van der Waals surface area contributed by atoms with Crippen LogP contribution in [0.4, 0.5) is 0 Å². The summed E-state index contributed by atoms with van der Waals surface area (Å²) in [6.07, 6.45) is 10.2. The molecule has 4 nitrogen and oxygen atoms in total. The van der Waals surface area contributed by atoms with Crippen LogP contribution in [0.1, 0.15) is 84.6 Å². The van der Waals surface area contributed by atoms with Crippen LogP contribution in [0.3, 0.4) is 0 Å². The van der Waals surface area contributed by atoms with Crippen molar-refractivity contribution >= 4 is 5.78 Å². The van der Waals surface area contributed by atoms with E-state index in [-0.39, 0.29) is 22.0 Å². The summed E-state index contributed by atoms with van der Waals surface area (Å²) in [6.45, 7) is 9.21. The molecule has 0 unspecified atom stereocenters. The minimum atomic E-state index is -1.13. The molecule has 0 spiro atoms. The molecular formula is C29H40O4. The van der Waals surface area contributed by atoms with Gasteiger partial charge in [0, 0.05) is 18.3 Å². The van der Waals surface area contributed by atoms with Crippen LogP contribution in [0.2, 0.25) is 0 Å². The maximum atomic E-state index is 12.7. The van der Waals surface area contributed by atoms with Gasteiger partial charge in [0.15, 0.2) is 5.79 Å². The first-order chi connectivity index (χ1) is 15.5. The third-order valence-corrected chi connectivity index (χ3v) is 11.0. The zero-order valence-corrected chi connectivity index (χ0v) is 20.7. The lowest BCUT2D eigenvalue weighted by atomic mass is 9.45. The van der Waals surface area contributed by atoms with Gasteiger partial charge in [-0.05, 0) is 91.7 Å². The van der Waals surface area contributed by atoms with E-state index in [0.29, 0.717) is 43.0 Å². The molecule has 7 atom stereocenters. The topological polar surface area (TPSA) is 66.8 Å². The second-order valence-corrected chi connectivity index (χ2v) is 12.2. The molecule has 180 valence electrons. The summed E-state index contributed by atoms with van der Waals surface area (Å²) in [6, 6.07) is 6.99. The van der Waals surface area contributed by atoms with Gasteiger partial charge in [-0.3, -0.25) is 4.79 Å². The molecule has 0 aromatic heterocycles. The average molecular weight is 453 g/mol. The molecule has 3 fully saturated rings. The summed E-state index contributed by atoms with van der Waals surface area (Å²) in [7, 11) is 0. The van der Waals surface area contributed by atoms with Gasteiger partial charge in [0.2, 0.25) is 0 Å². The Hall–Kier alpha value is -1.65. The molecule has 4 aliphatic rings. The van der Waals surface area contributed by atoms with Crippen molar-refractivity contribution in [2.24, 2.45) is 34.0 Å². The maximum absolute atomic E-state index is 12.7. The van der Waals surface area contributed by atoms with Gasteiger partial charge in [0.25, 0.3) is 0 Å². The van der Waals surface area contributed by atoms with Crippen molar-refractivity contribution in [3.8, 4) is 5.75 Å². The molecule has 1 aromatic carbocycles. The number of allylic oxidation sites excluding steroid dienone is 1.